The number of ether oxygens (including phenoxy) is 2. The Balaban J connectivity index is 1.87. The first-order chi connectivity index (χ1) is 15.4. The zero-order valence-corrected chi connectivity index (χ0v) is 20.7. The minimum absolute atomic E-state index is 0.145. The third-order valence-corrected chi connectivity index (χ3v) is 8.40. The minimum atomic E-state index is -3.87. The Bertz CT molecular complexity index is 1110. The fraction of sp³-hybridized carbons (Fsp3) is 0.364. The van der Waals surface area contributed by atoms with E-state index in [2.05, 4.69) is 11.3 Å². The molecular weight excluding hydrogens is 468 g/mol. The van der Waals surface area contributed by atoms with E-state index in [0.29, 0.717) is 29.6 Å². The zero-order valence-electron chi connectivity index (χ0n) is 18.2. The van der Waals surface area contributed by atoms with Gasteiger partial charge in [0.05, 0.1) is 18.6 Å². The van der Waals surface area contributed by atoms with Gasteiger partial charge in [0.25, 0.3) is 15.9 Å². The van der Waals surface area contributed by atoms with Crippen LogP contribution in [0.25, 0.3) is 6.08 Å². The molecule has 1 aliphatic rings. The molecular formula is C22H26N2O5S3. The fourth-order valence-corrected chi connectivity index (χ4v) is 6.21. The third-order valence-electron chi connectivity index (χ3n) is 4.64. The number of methoxy groups -OCH3 is 1. The number of rotatable bonds is 10. The molecule has 1 amide bonds. The minimum Gasteiger partial charge on any atom is -0.493 e. The largest absolute Gasteiger partial charge is 0.493 e. The summed E-state index contributed by atoms with van der Waals surface area (Å²) in [5.41, 5.74) is 0.755. The molecule has 2 aromatic rings. The first-order valence-electron chi connectivity index (χ1n) is 10.3. The molecule has 1 fully saturated rings. The summed E-state index contributed by atoms with van der Waals surface area (Å²) in [4.78, 5) is 14.6. The van der Waals surface area contributed by atoms with Gasteiger partial charge in [-0.2, -0.15) is 8.42 Å². The summed E-state index contributed by atoms with van der Waals surface area (Å²) in [6, 6.07) is 8.59. The average Bonchev–Trinajstić information content (AvgIpc) is 3.41. The van der Waals surface area contributed by atoms with Crippen LogP contribution in [0, 0.1) is 0 Å². The van der Waals surface area contributed by atoms with Gasteiger partial charge in [-0.15, -0.1) is 15.7 Å². The molecule has 7 nitrogen and oxygen atoms in total. The van der Waals surface area contributed by atoms with Crippen LogP contribution in [-0.4, -0.2) is 44.7 Å². The second-order valence-electron chi connectivity index (χ2n) is 6.91. The van der Waals surface area contributed by atoms with Crippen LogP contribution in [0.4, 0.5) is 0 Å². The molecule has 0 saturated carbocycles. The molecule has 2 heterocycles. The van der Waals surface area contributed by atoms with Gasteiger partial charge < -0.3 is 9.47 Å². The molecule has 0 bridgehead atoms. The number of amides is 1. The van der Waals surface area contributed by atoms with Crippen molar-refractivity contribution in [1.82, 2.24) is 4.90 Å². The average molecular weight is 495 g/mol. The number of hydrogen-bond acceptors (Lipinski definition) is 7. The first kappa shape index (κ1) is 24.3. The number of carbonyl (C=O) groups is 1. The second kappa shape index (κ2) is 11.0. The molecule has 10 heteroatoms. The molecule has 0 aliphatic carbocycles. The van der Waals surface area contributed by atoms with Gasteiger partial charge in [-0.05, 0) is 60.3 Å². The van der Waals surface area contributed by atoms with Gasteiger partial charge in [-0.3, -0.25) is 9.69 Å². The molecule has 1 aromatic carbocycles. The number of thioether (sulfide) groups is 1. The summed E-state index contributed by atoms with van der Waals surface area (Å²) in [6.45, 7) is 4.81. The molecule has 3 rings (SSSR count). The van der Waals surface area contributed by atoms with E-state index in [0.717, 1.165) is 47.9 Å². The summed E-state index contributed by atoms with van der Waals surface area (Å²) in [6.07, 6.45) is 4.85. The van der Waals surface area contributed by atoms with E-state index in [1.54, 1.807) is 37.6 Å². The van der Waals surface area contributed by atoms with E-state index < -0.39 is 10.0 Å². The van der Waals surface area contributed by atoms with Crippen molar-refractivity contribution in [3.05, 3.63) is 46.2 Å². The summed E-state index contributed by atoms with van der Waals surface area (Å²) in [7, 11) is -2.28. The van der Waals surface area contributed by atoms with Crippen molar-refractivity contribution in [1.29, 1.82) is 0 Å². The zero-order chi connectivity index (χ0) is 23.1. The van der Waals surface area contributed by atoms with Crippen molar-refractivity contribution < 1.29 is 22.7 Å². The number of carbonyl (C=O) groups excluding carboxylic acids is 1. The van der Waals surface area contributed by atoms with Crippen LogP contribution in [0.3, 0.4) is 0 Å². The highest BCUT2D eigenvalue weighted by atomic mass is 32.2. The van der Waals surface area contributed by atoms with Crippen molar-refractivity contribution in [2.24, 2.45) is 4.40 Å². The number of unbranched alkanes of at least 4 members (excludes halogenated alkanes) is 2. The Morgan fingerprint density at radius 1 is 1.16 bits per heavy atom. The molecule has 0 unspecified atom stereocenters. The molecule has 32 heavy (non-hydrogen) atoms. The highest BCUT2D eigenvalue weighted by Crippen LogP contribution is 2.35. The second-order valence-corrected chi connectivity index (χ2v) is 10.7. The molecule has 0 radical (unpaired) electrons. The number of thiophene rings is 1. The van der Waals surface area contributed by atoms with Gasteiger partial charge in [0.2, 0.25) is 0 Å². The Labute approximate surface area is 197 Å². The van der Waals surface area contributed by atoms with Crippen molar-refractivity contribution in [2.75, 3.05) is 20.3 Å². The van der Waals surface area contributed by atoms with Crippen molar-refractivity contribution >= 4 is 50.3 Å². The number of likely N-dealkylation sites (N-methyl/N-ethyl adjacent to an activating group) is 1. The summed E-state index contributed by atoms with van der Waals surface area (Å²) >= 11 is 2.14. The van der Waals surface area contributed by atoms with Crippen LogP contribution in [0.2, 0.25) is 0 Å². The molecule has 1 aliphatic heterocycles. The normalized spacial score (nSPS) is 16.8. The van der Waals surface area contributed by atoms with E-state index in [9.17, 15) is 13.2 Å². The predicted molar refractivity (Wildman–Crippen MR) is 130 cm³/mol. The van der Waals surface area contributed by atoms with Crippen LogP contribution in [0.5, 0.6) is 11.5 Å². The molecule has 0 atom stereocenters. The van der Waals surface area contributed by atoms with Crippen LogP contribution in [0.15, 0.2) is 49.2 Å². The lowest BCUT2D eigenvalue weighted by Gasteiger charge is -2.12. The van der Waals surface area contributed by atoms with E-state index in [1.165, 1.54) is 11.0 Å². The van der Waals surface area contributed by atoms with Crippen molar-refractivity contribution in [2.45, 2.75) is 37.3 Å². The fourth-order valence-electron chi connectivity index (χ4n) is 2.99. The predicted octanol–water partition coefficient (Wildman–Crippen LogP) is 5.01. The van der Waals surface area contributed by atoms with E-state index >= 15 is 0 Å². The van der Waals surface area contributed by atoms with E-state index in [4.69, 9.17) is 9.47 Å². The standard InChI is InChI=1S/C22H26N2O5S3/c1-4-6-7-12-29-18-14-16(10-11-17(18)28-3)15-19-21(25)24(5-2)22(31-19)23-32(26,27)20-9-8-13-30-20/h8-11,13-15H,4-7,12H2,1-3H3. The number of hydrogen-bond donors (Lipinski definition) is 0. The molecule has 0 N–H and O–H groups in total. The Morgan fingerprint density at radius 3 is 2.62 bits per heavy atom. The molecule has 0 spiro atoms. The van der Waals surface area contributed by atoms with Crippen LogP contribution >= 0.6 is 23.1 Å². The SMILES string of the molecule is CCCCCOc1cc(C=C2SC(=NS(=O)(=O)c3cccs3)N(CC)C2=O)ccc1OC. The van der Waals surface area contributed by atoms with Gasteiger partial charge in [-0.25, -0.2) is 0 Å². The van der Waals surface area contributed by atoms with Gasteiger partial charge in [0.15, 0.2) is 16.7 Å². The maximum Gasteiger partial charge on any atom is 0.294 e. The number of benzene rings is 1. The van der Waals surface area contributed by atoms with Gasteiger partial charge in [-0.1, -0.05) is 31.9 Å². The van der Waals surface area contributed by atoms with Gasteiger partial charge in [0.1, 0.15) is 4.21 Å². The van der Waals surface area contributed by atoms with Gasteiger partial charge in [0, 0.05) is 6.54 Å². The monoisotopic (exact) mass is 494 g/mol. The van der Waals surface area contributed by atoms with Crippen LogP contribution in [0.1, 0.15) is 38.7 Å². The van der Waals surface area contributed by atoms with E-state index in [1.807, 2.05) is 12.1 Å². The quantitative estimate of drug-likeness (QED) is 0.341. The molecule has 1 saturated heterocycles. The van der Waals surface area contributed by atoms with Crippen LogP contribution < -0.4 is 9.47 Å². The highest BCUT2D eigenvalue weighted by molar-refractivity contribution is 8.19. The summed E-state index contributed by atoms with van der Waals surface area (Å²) in [5, 5.41) is 1.83. The first-order valence-corrected chi connectivity index (χ1v) is 13.4. The maximum atomic E-state index is 12.9. The lowest BCUT2D eigenvalue weighted by atomic mass is 10.2. The highest BCUT2D eigenvalue weighted by Gasteiger charge is 2.34. The smallest absolute Gasteiger partial charge is 0.294 e. The topological polar surface area (TPSA) is 85.3 Å². The third kappa shape index (κ3) is 5.73. The molecule has 172 valence electrons. The van der Waals surface area contributed by atoms with E-state index in [-0.39, 0.29) is 15.3 Å². The van der Waals surface area contributed by atoms with Crippen molar-refractivity contribution in [3.8, 4) is 11.5 Å². The lowest BCUT2D eigenvalue weighted by molar-refractivity contribution is -0.122. The Morgan fingerprint density at radius 2 is 1.97 bits per heavy atom. The van der Waals surface area contributed by atoms with Crippen molar-refractivity contribution in [3.63, 3.8) is 0 Å². The Kier molecular flexibility index (Phi) is 8.38. The summed E-state index contributed by atoms with van der Waals surface area (Å²) in [5.74, 6) is 0.947. The lowest BCUT2D eigenvalue weighted by Crippen LogP contribution is -2.29. The molecule has 1 aromatic heterocycles. The number of nitrogens with zero attached hydrogens (tertiary/aromatic N) is 2. The van der Waals surface area contributed by atoms with Crippen LogP contribution in [-0.2, 0) is 14.8 Å². The maximum absolute atomic E-state index is 12.9. The summed E-state index contributed by atoms with van der Waals surface area (Å²) < 4.78 is 40.5. The Hall–Kier alpha value is -2.30. The number of sulfonamides is 1. The van der Waals surface area contributed by atoms with Gasteiger partial charge >= 0.3 is 0 Å². The number of amidine groups is 1.